The van der Waals surface area contributed by atoms with Gasteiger partial charge in [-0.1, -0.05) is 12.1 Å². The molecule has 34 heavy (non-hydrogen) atoms. The number of hydrogen-bond donors (Lipinski definition) is 3. The largest absolute Gasteiger partial charge is 0.486 e. The smallest absolute Gasteiger partial charge is 0.256 e. The first kappa shape index (κ1) is 22.4. The van der Waals surface area contributed by atoms with Gasteiger partial charge < -0.3 is 30.0 Å². The number of nitrogens with zero attached hydrogens (tertiary/aromatic N) is 2. The number of nitrogens with one attached hydrogen (secondary N) is 2. The van der Waals surface area contributed by atoms with Crippen molar-refractivity contribution in [1.29, 1.82) is 0 Å². The minimum Gasteiger partial charge on any atom is -0.486 e. The molecule has 0 atom stereocenters. The van der Waals surface area contributed by atoms with Crippen molar-refractivity contribution in [3.05, 3.63) is 48.3 Å². The zero-order valence-corrected chi connectivity index (χ0v) is 19.0. The number of carbonyl (C=O) groups excluding carboxylic acids is 1. The third-order valence-electron chi connectivity index (χ3n) is 6.45. The highest BCUT2D eigenvalue weighted by atomic mass is 16.6. The second kappa shape index (κ2) is 9.44. The fraction of sp³-hybridized carbons (Fsp3) is 0.400. The number of aromatic nitrogens is 2. The molecule has 0 unspecified atom stereocenters. The second-order valence-corrected chi connectivity index (χ2v) is 8.69. The number of rotatable bonds is 6. The number of hydrogen-bond acceptors (Lipinski definition) is 8. The number of carbonyl (C=O) groups is 1. The first-order valence-corrected chi connectivity index (χ1v) is 11.5. The maximum absolute atomic E-state index is 13.0. The molecule has 1 aliphatic heterocycles. The monoisotopic (exact) mass is 464 g/mol. The van der Waals surface area contributed by atoms with Crippen LogP contribution in [0.15, 0.2) is 42.6 Å². The molecule has 2 aliphatic rings. The number of ether oxygens (including phenoxy) is 3. The molecule has 2 aromatic heterocycles. The quantitative estimate of drug-likeness (QED) is 0.510. The fourth-order valence-electron chi connectivity index (χ4n) is 4.44. The number of para-hydroxylation sites is 1. The van der Waals surface area contributed by atoms with Crippen LogP contribution in [0.3, 0.4) is 0 Å². The molecule has 3 heterocycles. The molecule has 3 aromatic rings. The predicted octanol–water partition coefficient (Wildman–Crippen LogP) is 2.81. The zero-order valence-electron chi connectivity index (χ0n) is 19.0. The maximum atomic E-state index is 13.0. The molecule has 1 aromatic carbocycles. The lowest BCUT2D eigenvalue weighted by atomic mass is 9.81. The average molecular weight is 465 g/mol. The van der Waals surface area contributed by atoms with Gasteiger partial charge in [-0.25, -0.2) is 4.98 Å². The molecule has 9 nitrogen and oxygen atoms in total. The number of aliphatic hydroxyl groups is 1. The summed E-state index contributed by atoms with van der Waals surface area (Å²) >= 11 is 0. The lowest BCUT2D eigenvalue weighted by Gasteiger charge is -2.35. The van der Waals surface area contributed by atoms with Crippen LogP contribution in [0.2, 0.25) is 0 Å². The van der Waals surface area contributed by atoms with Gasteiger partial charge in [0.05, 0.1) is 30.2 Å². The Bertz CT molecular complexity index is 1190. The summed E-state index contributed by atoms with van der Waals surface area (Å²) in [5.74, 6) is 1.44. The summed E-state index contributed by atoms with van der Waals surface area (Å²) in [5.41, 5.74) is 0.622. The summed E-state index contributed by atoms with van der Waals surface area (Å²) in [7, 11) is 1.55. The Balaban J connectivity index is 1.18. The molecule has 0 radical (unpaired) electrons. The van der Waals surface area contributed by atoms with Crippen molar-refractivity contribution in [2.75, 3.05) is 25.6 Å². The lowest BCUT2D eigenvalue weighted by molar-refractivity contribution is -0.137. The van der Waals surface area contributed by atoms with Crippen LogP contribution in [0.25, 0.3) is 10.9 Å². The molecule has 178 valence electrons. The van der Waals surface area contributed by atoms with Crippen molar-refractivity contribution < 1.29 is 24.1 Å². The van der Waals surface area contributed by atoms with Crippen molar-refractivity contribution in [1.82, 2.24) is 15.3 Å². The number of methoxy groups -OCH3 is 1. The van der Waals surface area contributed by atoms with Gasteiger partial charge in [0.25, 0.3) is 5.91 Å². The van der Waals surface area contributed by atoms with Gasteiger partial charge in [-0.2, -0.15) is 0 Å². The molecular formula is C25H28N4O5. The highest BCUT2D eigenvalue weighted by Gasteiger charge is 2.40. The molecule has 1 saturated carbocycles. The number of benzene rings is 1. The second-order valence-electron chi connectivity index (χ2n) is 8.69. The third-order valence-corrected chi connectivity index (χ3v) is 6.45. The van der Waals surface area contributed by atoms with Crippen LogP contribution in [0, 0.1) is 0 Å². The van der Waals surface area contributed by atoms with Gasteiger partial charge in [0.15, 0.2) is 11.5 Å². The van der Waals surface area contributed by atoms with E-state index in [1.807, 2.05) is 24.3 Å². The first-order chi connectivity index (χ1) is 16.5. The summed E-state index contributed by atoms with van der Waals surface area (Å²) in [6, 6.07) is 11.3. The van der Waals surface area contributed by atoms with Crippen molar-refractivity contribution in [2.45, 2.75) is 43.9 Å². The van der Waals surface area contributed by atoms with Crippen LogP contribution in [0.5, 0.6) is 17.4 Å². The molecule has 5 rings (SSSR count). The van der Waals surface area contributed by atoms with E-state index in [0.29, 0.717) is 74.0 Å². The van der Waals surface area contributed by atoms with Gasteiger partial charge in [-0.15, -0.1) is 0 Å². The van der Waals surface area contributed by atoms with E-state index in [0.717, 1.165) is 11.1 Å². The van der Waals surface area contributed by atoms with Crippen molar-refractivity contribution in [3.63, 3.8) is 0 Å². The third kappa shape index (κ3) is 4.62. The van der Waals surface area contributed by atoms with Crippen LogP contribution < -0.4 is 24.8 Å². The van der Waals surface area contributed by atoms with Gasteiger partial charge in [0, 0.05) is 30.1 Å². The first-order valence-electron chi connectivity index (χ1n) is 11.5. The standard InChI is InChI=1S/C25H28N4O5/c1-32-22-6-5-16-3-2-4-19(23(16)29-22)28-24(30)25(31)9-7-17(8-10-25)26-14-18-13-20-21(15-27-18)34-12-11-33-20/h2-6,13,15,17,26,31H,7-12,14H2,1H3,(H,28,30)/t17-,25+. The summed E-state index contributed by atoms with van der Waals surface area (Å²) in [5, 5.41) is 18.3. The number of fused-ring (bicyclic) bond motifs is 2. The highest BCUT2D eigenvalue weighted by molar-refractivity contribution is 6.03. The highest BCUT2D eigenvalue weighted by Crippen LogP contribution is 2.32. The van der Waals surface area contributed by atoms with E-state index in [4.69, 9.17) is 14.2 Å². The molecule has 1 fully saturated rings. The minimum absolute atomic E-state index is 0.187. The molecule has 9 heteroatoms. The van der Waals surface area contributed by atoms with Crippen LogP contribution in [-0.2, 0) is 11.3 Å². The Labute approximate surface area is 197 Å². The predicted molar refractivity (Wildman–Crippen MR) is 126 cm³/mol. The molecule has 1 amide bonds. The Kier molecular flexibility index (Phi) is 6.21. The lowest BCUT2D eigenvalue weighted by Crippen LogP contribution is -2.48. The van der Waals surface area contributed by atoms with Gasteiger partial charge in [-0.3, -0.25) is 9.78 Å². The SMILES string of the molecule is COc1ccc2cccc(NC(=O)[C@]3(O)CC[C@@H](NCc4cc5c(cn4)OCCO5)CC3)c2n1. The van der Waals surface area contributed by atoms with Gasteiger partial charge >= 0.3 is 0 Å². The van der Waals surface area contributed by atoms with E-state index >= 15 is 0 Å². The van der Waals surface area contributed by atoms with E-state index in [2.05, 4.69) is 20.6 Å². The summed E-state index contributed by atoms with van der Waals surface area (Å²) in [6.07, 6.45) is 3.78. The molecular weight excluding hydrogens is 436 g/mol. The van der Waals surface area contributed by atoms with E-state index < -0.39 is 11.5 Å². The summed E-state index contributed by atoms with van der Waals surface area (Å²) in [4.78, 5) is 21.9. The van der Waals surface area contributed by atoms with E-state index in [1.54, 1.807) is 25.4 Å². The normalized spacial score (nSPS) is 21.8. The Morgan fingerprint density at radius 1 is 1.18 bits per heavy atom. The Hall–Kier alpha value is -3.43. The van der Waals surface area contributed by atoms with Gasteiger partial charge in [0.2, 0.25) is 5.88 Å². The zero-order chi connectivity index (χ0) is 23.5. The van der Waals surface area contributed by atoms with Crippen molar-refractivity contribution >= 4 is 22.5 Å². The topological polar surface area (TPSA) is 115 Å². The van der Waals surface area contributed by atoms with E-state index in [1.165, 1.54) is 0 Å². The van der Waals surface area contributed by atoms with E-state index in [-0.39, 0.29) is 6.04 Å². The Morgan fingerprint density at radius 2 is 1.97 bits per heavy atom. The van der Waals surface area contributed by atoms with Gasteiger partial charge in [0.1, 0.15) is 18.8 Å². The summed E-state index contributed by atoms with van der Waals surface area (Å²) in [6.45, 7) is 1.65. The van der Waals surface area contributed by atoms with Crippen molar-refractivity contribution in [3.8, 4) is 17.4 Å². The van der Waals surface area contributed by atoms with Crippen molar-refractivity contribution in [2.24, 2.45) is 0 Å². The van der Waals surface area contributed by atoms with E-state index in [9.17, 15) is 9.90 Å². The van der Waals surface area contributed by atoms with Crippen LogP contribution >= 0.6 is 0 Å². The molecule has 0 bridgehead atoms. The average Bonchev–Trinajstić information content (AvgIpc) is 2.88. The number of pyridine rings is 2. The van der Waals surface area contributed by atoms with Crippen LogP contribution in [0.4, 0.5) is 5.69 Å². The molecule has 3 N–H and O–H groups in total. The maximum Gasteiger partial charge on any atom is 0.256 e. The van der Waals surface area contributed by atoms with Crippen LogP contribution in [0.1, 0.15) is 31.4 Å². The fourth-order valence-corrected chi connectivity index (χ4v) is 4.44. The Morgan fingerprint density at radius 3 is 2.76 bits per heavy atom. The number of amides is 1. The molecule has 0 saturated heterocycles. The molecule has 1 aliphatic carbocycles. The van der Waals surface area contributed by atoms with Crippen LogP contribution in [-0.4, -0.2) is 52.9 Å². The number of anilines is 1. The van der Waals surface area contributed by atoms with Gasteiger partial charge in [-0.05, 0) is 37.8 Å². The summed E-state index contributed by atoms with van der Waals surface area (Å²) < 4.78 is 16.3. The minimum atomic E-state index is -1.42. The molecule has 0 spiro atoms.